The summed E-state index contributed by atoms with van der Waals surface area (Å²) in [6, 6.07) is 13.2. The second-order valence-corrected chi connectivity index (χ2v) is 8.26. The lowest BCUT2D eigenvalue weighted by Gasteiger charge is -2.30. The van der Waals surface area contributed by atoms with Gasteiger partial charge in [0.05, 0.1) is 30.3 Å². The number of nitriles is 1. The number of halogens is 2. The number of carbonyl (C=O) groups excluding carboxylic acids is 1. The Morgan fingerprint density at radius 3 is 2.72 bits per heavy atom. The van der Waals surface area contributed by atoms with Crippen LogP contribution in [0.3, 0.4) is 0 Å². The van der Waals surface area contributed by atoms with E-state index in [2.05, 4.69) is 15.2 Å². The number of hydrogen-bond acceptors (Lipinski definition) is 6. The summed E-state index contributed by atoms with van der Waals surface area (Å²) in [6.45, 7) is 2.58. The van der Waals surface area contributed by atoms with Crippen molar-refractivity contribution in [3.8, 4) is 16.6 Å². The number of hydrogen-bond donors (Lipinski definition) is 1. The van der Waals surface area contributed by atoms with Crippen LogP contribution in [-0.4, -0.2) is 37.2 Å². The van der Waals surface area contributed by atoms with E-state index >= 15 is 0 Å². The molecule has 0 unspecified atom stereocenters. The molecule has 1 aliphatic heterocycles. The molecule has 3 aromatic rings. The van der Waals surface area contributed by atoms with Crippen LogP contribution in [0.4, 0.5) is 15.8 Å². The number of thiazole rings is 1. The van der Waals surface area contributed by atoms with E-state index in [1.165, 1.54) is 29.5 Å². The van der Waals surface area contributed by atoms with Crippen molar-refractivity contribution in [2.45, 2.75) is 0 Å². The predicted octanol–water partition coefficient (Wildman–Crippen LogP) is 4.98. The van der Waals surface area contributed by atoms with Crippen molar-refractivity contribution in [1.29, 1.82) is 5.26 Å². The molecule has 32 heavy (non-hydrogen) atoms. The lowest BCUT2D eigenvalue weighted by molar-refractivity contribution is -0.112. The topological polar surface area (TPSA) is 78.2 Å². The van der Waals surface area contributed by atoms with Crippen LogP contribution < -0.4 is 10.2 Å². The van der Waals surface area contributed by atoms with Gasteiger partial charge in [-0.2, -0.15) is 5.26 Å². The normalized spacial score (nSPS) is 14.2. The Balaban J connectivity index is 1.55. The molecule has 1 saturated heterocycles. The Morgan fingerprint density at radius 2 is 2.00 bits per heavy atom. The van der Waals surface area contributed by atoms with Crippen LogP contribution in [0.5, 0.6) is 0 Å². The van der Waals surface area contributed by atoms with Gasteiger partial charge in [0, 0.05) is 29.1 Å². The highest BCUT2D eigenvalue weighted by atomic mass is 35.5. The molecule has 9 heteroatoms. The van der Waals surface area contributed by atoms with E-state index in [4.69, 9.17) is 16.3 Å². The quantitative estimate of drug-likeness (QED) is 0.422. The first-order chi connectivity index (χ1) is 15.5. The molecule has 1 aromatic heterocycles. The molecule has 0 aliphatic carbocycles. The van der Waals surface area contributed by atoms with Gasteiger partial charge in [-0.15, -0.1) is 11.3 Å². The van der Waals surface area contributed by atoms with Crippen molar-refractivity contribution < 1.29 is 13.9 Å². The molecular weight excluding hydrogens is 451 g/mol. The van der Waals surface area contributed by atoms with Crippen molar-refractivity contribution in [1.82, 2.24) is 4.98 Å². The van der Waals surface area contributed by atoms with Gasteiger partial charge in [0.1, 0.15) is 22.5 Å². The van der Waals surface area contributed by atoms with Crippen molar-refractivity contribution in [2.75, 3.05) is 36.5 Å². The van der Waals surface area contributed by atoms with Crippen LogP contribution in [0.2, 0.25) is 5.02 Å². The molecule has 4 rings (SSSR count). The van der Waals surface area contributed by atoms with Gasteiger partial charge in [-0.05, 0) is 48.5 Å². The number of rotatable bonds is 5. The molecule has 0 saturated carbocycles. The second-order valence-electron chi connectivity index (χ2n) is 6.97. The van der Waals surface area contributed by atoms with Gasteiger partial charge in [0.15, 0.2) is 0 Å². The summed E-state index contributed by atoms with van der Waals surface area (Å²) in [5, 5.41) is 15.2. The van der Waals surface area contributed by atoms with Crippen molar-refractivity contribution in [2.24, 2.45) is 0 Å². The van der Waals surface area contributed by atoms with Crippen LogP contribution >= 0.6 is 22.9 Å². The molecular formula is C23H18ClFN4O2S. The number of aromatic nitrogens is 1. The Hall–Kier alpha value is -3.25. The lowest BCUT2D eigenvalue weighted by Crippen LogP contribution is -2.36. The van der Waals surface area contributed by atoms with Gasteiger partial charge in [-0.1, -0.05) is 11.6 Å². The standard InChI is InChI=1S/C23H18ClFN4O2S/c24-17-3-6-21(29-7-9-31-10-8-29)20(12-17)28-22(30)16(13-26)11-19-14-32-23(27-19)15-1-4-18(25)5-2-15/h1-6,11-12,14H,7-10H2,(H,28,30)/b16-11-. The first-order valence-electron chi connectivity index (χ1n) is 9.80. The maximum absolute atomic E-state index is 13.1. The highest BCUT2D eigenvalue weighted by molar-refractivity contribution is 7.13. The first kappa shape index (κ1) is 22.0. The van der Waals surface area contributed by atoms with Crippen LogP contribution in [0.25, 0.3) is 16.6 Å². The molecule has 1 N–H and O–H groups in total. The molecule has 0 spiro atoms. The lowest BCUT2D eigenvalue weighted by atomic mass is 10.2. The largest absolute Gasteiger partial charge is 0.378 e. The Labute approximate surface area is 193 Å². The van der Waals surface area contributed by atoms with Crippen LogP contribution in [0.1, 0.15) is 5.69 Å². The Bertz CT molecular complexity index is 1200. The number of anilines is 2. The van der Waals surface area contributed by atoms with Crippen LogP contribution in [0, 0.1) is 17.1 Å². The summed E-state index contributed by atoms with van der Waals surface area (Å²) in [6.07, 6.45) is 1.43. The zero-order valence-electron chi connectivity index (χ0n) is 16.8. The number of nitrogens with one attached hydrogen (secondary N) is 1. The molecule has 2 aromatic carbocycles. The maximum Gasteiger partial charge on any atom is 0.266 e. The number of nitrogens with zero attached hydrogens (tertiary/aromatic N) is 3. The SMILES string of the molecule is N#C/C(=C/c1csc(-c2ccc(F)cc2)n1)C(=O)Nc1cc(Cl)ccc1N1CCOCC1. The molecule has 1 amide bonds. The monoisotopic (exact) mass is 468 g/mol. The van der Waals surface area contributed by atoms with E-state index in [1.54, 1.807) is 29.6 Å². The number of amides is 1. The third kappa shape index (κ3) is 5.14. The number of benzene rings is 2. The van der Waals surface area contributed by atoms with Crippen LogP contribution in [-0.2, 0) is 9.53 Å². The van der Waals surface area contributed by atoms with E-state index in [0.29, 0.717) is 47.7 Å². The summed E-state index contributed by atoms with van der Waals surface area (Å²) in [5.41, 5.74) is 2.48. The molecule has 1 fully saturated rings. The summed E-state index contributed by atoms with van der Waals surface area (Å²) in [7, 11) is 0. The van der Waals surface area contributed by atoms with Gasteiger partial charge in [-0.25, -0.2) is 9.37 Å². The molecule has 6 nitrogen and oxygen atoms in total. The highest BCUT2D eigenvalue weighted by Crippen LogP contribution is 2.30. The summed E-state index contributed by atoms with van der Waals surface area (Å²) >= 11 is 7.49. The Morgan fingerprint density at radius 1 is 1.25 bits per heavy atom. The molecule has 0 bridgehead atoms. The van der Waals surface area contributed by atoms with E-state index in [0.717, 1.165) is 11.3 Å². The third-order valence-electron chi connectivity index (χ3n) is 4.83. The average Bonchev–Trinajstić information content (AvgIpc) is 3.27. The fourth-order valence-electron chi connectivity index (χ4n) is 3.25. The smallest absolute Gasteiger partial charge is 0.266 e. The molecule has 0 radical (unpaired) electrons. The fourth-order valence-corrected chi connectivity index (χ4v) is 4.21. The summed E-state index contributed by atoms with van der Waals surface area (Å²) in [5.74, 6) is -0.882. The summed E-state index contributed by atoms with van der Waals surface area (Å²) in [4.78, 5) is 19.4. The molecule has 162 valence electrons. The number of ether oxygens (including phenoxy) is 1. The van der Waals surface area contributed by atoms with E-state index in [1.807, 2.05) is 12.1 Å². The molecule has 2 heterocycles. The van der Waals surface area contributed by atoms with Crippen LogP contribution in [0.15, 0.2) is 53.4 Å². The minimum atomic E-state index is -0.555. The zero-order chi connectivity index (χ0) is 22.5. The first-order valence-corrected chi connectivity index (χ1v) is 11.1. The van der Waals surface area contributed by atoms with Gasteiger partial charge >= 0.3 is 0 Å². The Kier molecular flexibility index (Phi) is 6.81. The fraction of sp³-hybridized carbons (Fsp3) is 0.174. The number of carbonyl (C=O) groups is 1. The zero-order valence-corrected chi connectivity index (χ0v) is 18.4. The molecule has 0 atom stereocenters. The predicted molar refractivity (Wildman–Crippen MR) is 124 cm³/mol. The third-order valence-corrected chi connectivity index (χ3v) is 5.97. The van der Waals surface area contributed by atoms with E-state index in [-0.39, 0.29) is 11.4 Å². The number of morpholine rings is 1. The van der Waals surface area contributed by atoms with Crippen molar-refractivity contribution in [3.05, 3.63) is 70.0 Å². The van der Waals surface area contributed by atoms with Gasteiger partial charge in [0.2, 0.25) is 0 Å². The van der Waals surface area contributed by atoms with Gasteiger partial charge in [-0.3, -0.25) is 4.79 Å². The van der Waals surface area contributed by atoms with Crippen molar-refractivity contribution in [3.63, 3.8) is 0 Å². The van der Waals surface area contributed by atoms with Gasteiger partial charge in [0.25, 0.3) is 5.91 Å². The van der Waals surface area contributed by atoms with E-state index in [9.17, 15) is 14.4 Å². The van der Waals surface area contributed by atoms with Crippen molar-refractivity contribution >= 4 is 46.3 Å². The van der Waals surface area contributed by atoms with E-state index < -0.39 is 5.91 Å². The maximum atomic E-state index is 13.1. The van der Waals surface area contributed by atoms with Gasteiger partial charge < -0.3 is 15.0 Å². The average molecular weight is 469 g/mol. The molecule has 1 aliphatic rings. The minimum Gasteiger partial charge on any atom is -0.378 e. The summed E-state index contributed by atoms with van der Waals surface area (Å²) < 4.78 is 18.5. The second kappa shape index (κ2) is 9.92. The highest BCUT2D eigenvalue weighted by Gasteiger charge is 2.18. The minimum absolute atomic E-state index is 0.0890.